The highest BCUT2D eigenvalue weighted by Crippen LogP contribution is 2.42. The Balaban J connectivity index is 2.12. The van der Waals surface area contributed by atoms with Gasteiger partial charge in [0.2, 0.25) is 0 Å². The largest absolute Gasteiger partial charge is 0.303 e. The fourth-order valence-electron chi connectivity index (χ4n) is 2.66. The van der Waals surface area contributed by atoms with Crippen LogP contribution in [0.4, 0.5) is 0 Å². The summed E-state index contributed by atoms with van der Waals surface area (Å²) in [6.07, 6.45) is 7.12. The molecular formula is C12H18N2O. The van der Waals surface area contributed by atoms with E-state index in [4.69, 9.17) is 0 Å². The Bertz CT molecular complexity index is 358. The van der Waals surface area contributed by atoms with Crippen LogP contribution in [-0.4, -0.2) is 16.1 Å². The van der Waals surface area contributed by atoms with Crippen molar-refractivity contribution in [2.75, 3.05) is 0 Å². The average Bonchev–Trinajstić information content (AvgIpc) is 2.75. The first-order valence-corrected chi connectivity index (χ1v) is 5.58. The average molecular weight is 206 g/mol. The summed E-state index contributed by atoms with van der Waals surface area (Å²) < 4.78 is 1.80. The molecule has 3 heteroatoms. The van der Waals surface area contributed by atoms with Crippen LogP contribution in [0.25, 0.3) is 0 Å². The zero-order valence-corrected chi connectivity index (χ0v) is 9.44. The summed E-state index contributed by atoms with van der Waals surface area (Å²) in [4.78, 5) is 11.3. The molecule has 1 aliphatic carbocycles. The maximum Gasteiger partial charge on any atom is 0.126 e. The van der Waals surface area contributed by atoms with E-state index < -0.39 is 0 Å². The van der Waals surface area contributed by atoms with Crippen molar-refractivity contribution in [1.82, 2.24) is 9.78 Å². The second-order valence-corrected chi connectivity index (χ2v) is 4.99. The highest BCUT2D eigenvalue weighted by Gasteiger charge is 2.37. The van der Waals surface area contributed by atoms with Gasteiger partial charge in [-0.05, 0) is 31.2 Å². The minimum absolute atomic E-state index is 0.131. The lowest BCUT2D eigenvalue weighted by Gasteiger charge is -2.20. The van der Waals surface area contributed by atoms with Gasteiger partial charge in [0.25, 0.3) is 0 Å². The Labute approximate surface area is 90.5 Å². The van der Waals surface area contributed by atoms with Crippen LogP contribution >= 0.6 is 0 Å². The molecule has 0 saturated heterocycles. The van der Waals surface area contributed by atoms with Crippen LogP contribution < -0.4 is 0 Å². The number of nitrogens with zero attached hydrogens (tertiary/aromatic N) is 2. The monoisotopic (exact) mass is 206 g/mol. The van der Waals surface area contributed by atoms with E-state index in [2.05, 4.69) is 12.0 Å². The fraction of sp³-hybridized carbons (Fsp3) is 0.667. The van der Waals surface area contributed by atoms with Gasteiger partial charge in [0.05, 0.1) is 5.69 Å². The molecule has 0 spiro atoms. The highest BCUT2D eigenvalue weighted by molar-refractivity contribution is 5.60. The molecule has 3 nitrogen and oxygen atoms in total. The third-order valence-electron chi connectivity index (χ3n) is 3.44. The number of carbonyl (C=O) groups excluding carboxylic acids is 1. The number of hydrogen-bond donors (Lipinski definition) is 0. The van der Waals surface area contributed by atoms with Crippen molar-refractivity contribution in [1.29, 1.82) is 0 Å². The standard InChI is InChI=1S/C12H18N2O/c1-10-3-5-12(7-10,9-15)8-11-4-6-14(2)13-11/h4,6,9-10H,3,5,7-8H2,1-2H3. The third-order valence-corrected chi connectivity index (χ3v) is 3.44. The Kier molecular flexibility index (Phi) is 2.63. The van der Waals surface area contributed by atoms with Crippen LogP contribution in [0.1, 0.15) is 31.9 Å². The topological polar surface area (TPSA) is 34.9 Å². The summed E-state index contributed by atoms with van der Waals surface area (Å²) in [6.45, 7) is 2.23. The summed E-state index contributed by atoms with van der Waals surface area (Å²) in [5.74, 6) is 0.680. The minimum atomic E-state index is -0.131. The van der Waals surface area contributed by atoms with Crippen molar-refractivity contribution >= 4 is 6.29 Å². The van der Waals surface area contributed by atoms with Gasteiger partial charge in [0.1, 0.15) is 6.29 Å². The highest BCUT2D eigenvalue weighted by atomic mass is 16.1. The molecule has 0 aliphatic heterocycles. The molecule has 0 amide bonds. The summed E-state index contributed by atoms with van der Waals surface area (Å²) in [6, 6.07) is 2.01. The number of aromatic nitrogens is 2. The van der Waals surface area contributed by atoms with Gasteiger partial charge in [0, 0.05) is 25.1 Å². The van der Waals surface area contributed by atoms with E-state index in [1.54, 1.807) is 4.68 Å². The van der Waals surface area contributed by atoms with Crippen LogP contribution in [0.2, 0.25) is 0 Å². The van der Waals surface area contributed by atoms with Gasteiger partial charge in [-0.25, -0.2) is 0 Å². The number of aldehydes is 1. The molecule has 0 radical (unpaired) electrons. The SMILES string of the molecule is CC1CCC(C=O)(Cc2ccn(C)n2)C1. The van der Waals surface area contributed by atoms with Crippen molar-refractivity contribution in [3.05, 3.63) is 18.0 Å². The van der Waals surface area contributed by atoms with Gasteiger partial charge in [-0.1, -0.05) is 6.92 Å². The second-order valence-electron chi connectivity index (χ2n) is 4.99. The minimum Gasteiger partial charge on any atom is -0.303 e. The van der Waals surface area contributed by atoms with Gasteiger partial charge in [-0.3, -0.25) is 4.68 Å². The Morgan fingerprint density at radius 1 is 1.73 bits per heavy atom. The molecule has 1 saturated carbocycles. The molecule has 1 fully saturated rings. The first-order chi connectivity index (χ1) is 7.13. The van der Waals surface area contributed by atoms with E-state index in [0.717, 1.165) is 31.2 Å². The van der Waals surface area contributed by atoms with Crippen molar-refractivity contribution in [3.8, 4) is 0 Å². The Morgan fingerprint density at radius 2 is 2.53 bits per heavy atom. The van der Waals surface area contributed by atoms with Gasteiger partial charge >= 0.3 is 0 Å². The lowest BCUT2D eigenvalue weighted by atomic mass is 9.82. The first-order valence-electron chi connectivity index (χ1n) is 5.58. The molecule has 0 aromatic carbocycles. The quantitative estimate of drug-likeness (QED) is 0.709. The predicted octanol–water partition coefficient (Wildman–Crippen LogP) is 1.97. The van der Waals surface area contributed by atoms with Crippen molar-refractivity contribution in [3.63, 3.8) is 0 Å². The summed E-state index contributed by atoms with van der Waals surface area (Å²) in [7, 11) is 1.91. The molecule has 1 aromatic heterocycles. The van der Waals surface area contributed by atoms with E-state index in [1.165, 1.54) is 6.42 Å². The van der Waals surface area contributed by atoms with E-state index >= 15 is 0 Å². The molecule has 1 aromatic rings. The van der Waals surface area contributed by atoms with Crippen molar-refractivity contribution < 1.29 is 4.79 Å². The van der Waals surface area contributed by atoms with E-state index in [-0.39, 0.29) is 5.41 Å². The molecule has 1 heterocycles. The number of aryl methyl sites for hydroxylation is 1. The maximum atomic E-state index is 11.3. The number of rotatable bonds is 3. The molecule has 15 heavy (non-hydrogen) atoms. The van der Waals surface area contributed by atoms with Crippen LogP contribution in [0.15, 0.2) is 12.3 Å². The van der Waals surface area contributed by atoms with Crippen LogP contribution in [0.5, 0.6) is 0 Å². The first kappa shape index (κ1) is 10.4. The molecule has 2 unspecified atom stereocenters. The van der Waals surface area contributed by atoms with Gasteiger partial charge in [-0.15, -0.1) is 0 Å². The van der Waals surface area contributed by atoms with E-state index in [9.17, 15) is 4.79 Å². The molecule has 1 aliphatic rings. The smallest absolute Gasteiger partial charge is 0.126 e. The number of carbonyl (C=O) groups is 1. The fourth-order valence-corrected chi connectivity index (χ4v) is 2.66. The van der Waals surface area contributed by atoms with Crippen molar-refractivity contribution in [2.24, 2.45) is 18.4 Å². The summed E-state index contributed by atoms with van der Waals surface area (Å²) in [5.41, 5.74) is 0.909. The van der Waals surface area contributed by atoms with Crippen LogP contribution in [-0.2, 0) is 18.3 Å². The molecule has 2 rings (SSSR count). The number of hydrogen-bond acceptors (Lipinski definition) is 2. The van der Waals surface area contributed by atoms with Crippen LogP contribution in [0, 0.1) is 11.3 Å². The lowest BCUT2D eigenvalue weighted by molar-refractivity contribution is -0.116. The van der Waals surface area contributed by atoms with Crippen molar-refractivity contribution in [2.45, 2.75) is 32.6 Å². The van der Waals surface area contributed by atoms with Crippen LogP contribution in [0.3, 0.4) is 0 Å². The van der Waals surface area contributed by atoms with Gasteiger partial charge in [-0.2, -0.15) is 5.10 Å². The predicted molar refractivity (Wildman–Crippen MR) is 58.4 cm³/mol. The second kappa shape index (κ2) is 3.80. The van der Waals surface area contributed by atoms with Gasteiger partial charge in [0.15, 0.2) is 0 Å². The van der Waals surface area contributed by atoms with E-state index in [0.29, 0.717) is 5.92 Å². The molecule has 0 N–H and O–H groups in total. The van der Waals surface area contributed by atoms with Gasteiger partial charge < -0.3 is 4.79 Å². The Morgan fingerprint density at radius 3 is 3.00 bits per heavy atom. The molecule has 0 bridgehead atoms. The van der Waals surface area contributed by atoms with E-state index in [1.807, 2.05) is 19.3 Å². The maximum absolute atomic E-state index is 11.3. The Hall–Kier alpha value is -1.12. The zero-order chi connectivity index (χ0) is 10.9. The molecule has 82 valence electrons. The molecular weight excluding hydrogens is 188 g/mol. The summed E-state index contributed by atoms with van der Waals surface area (Å²) >= 11 is 0. The third kappa shape index (κ3) is 2.11. The summed E-state index contributed by atoms with van der Waals surface area (Å²) in [5, 5.41) is 4.35. The lowest BCUT2D eigenvalue weighted by Crippen LogP contribution is -2.22. The normalized spacial score (nSPS) is 30.7. The zero-order valence-electron chi connectivity index (χ0n) is 9.44. The molecule has 2 atom stereocenters.